The van der Waals surface area contributed by atoms with Crippen molar-refractivity contribution in [2.45, 2.75) is 6.54 Å². The van der Waals surface area contributed by atoms with Crippen LogP contribution < -0.4 is 5.32 Å². The van der Waals surface area contributed by atoms with Crippen molar-refractivity contribution in [2.75, 3.05) is 5.32 Å². The summed E-state index contributed by atoms with van der Waals surface area (Å²) in [5.41, 5.74) is 2.57. The van der Waals surface area contributed by atoms with Gasteiger partial charge in [-0.05, 0) is 24.3 Å². The number of nitrogens with one attached hydrogen (secondary N) is 1. The van der Waals surface area contributed by atoms with Gasteiger partial charge in [-0.3, -0.25) is 9.78 Å². The van der Waals surface area contributed by atoms with Gasteiger partial charge in [0.1, 0.15) is 6.29 Å². The van der Waals surface area contributed by atoms with Crippen molar-refractivity contribution in [2.24, 2.45) is 0 Å². The summed E-state index contributed by atoms with van der Waals surface area (Å²) in [5, 5.41) is 3.21. The van der Waals surface area contributed by atoms with Gasteiger partial charge in [0.2, 0.25) is 0 Å². The van der Waals surface area contributed by atoms with E-state index in [0.717, 1.165) is 17.7 Å². The van der Waals surface area contributed by atoms with Crippen LogP contribution in [-0.4, -0.2) is 11.3 Å². The van der Waals surface area contributed by atoms with Crippen LogP contribution in [0.5, 0.6) is 0 Å². The SMILES string of the molecule is O=Cc1cccc(NCc2ccccn2)c1. The highest BCUT2D eigenvalue weighted by Gasteiger charge is 1.95. The Balaban J connectivity index is 2.02. The molecule has 0 saturated carbocycles. The Morgan fingerprint density at radius 3 is 2.88 bits per heavy atom. The van der Waals surface area contributed by atoms with Gasteiger partial charge in [0.15, 0.2) is 0 Å². The number of carbonyl (C=O) groups is 1. The summed E-state index contributed by atoms with van der Waals surface area (Å²) in [4.78, 5) is 14.8. The van der Waals surface area contributed by atoms with E-state index < -0.39 is 0 Å². The quantitative estimate of drug-likeness (QED) is 0.792. The van der Waals surface area contributed by atoms with Gasteiger partial charge in [-0.2, -0.15) is 0 Å². The molecule has 0 bridgehead atoms. The molecular weight excluding hydrogens is 200 g/mol. The van der Waals surface area contributed by atoms with E-state index in [0.29, 0.717) is 12.1 Å². The van der Waals surface area contributed by atoms with Gasteiger partial charge in [-0.1, -0.05) is 18.2 Å². The van der Waals surface area contributed by atoms with Crippen molar-refractivity contribution in [1.82, 2.24) is 4.98 Å². The lowest BCUT2D eigenvalue weighted by atomic mass is 10.2. The number of nitrogens with zero attached hydrogens (tertiary/aromatic N) is 1. The zero-order valence-corrected chi connectivity index (χ0v) is 8.76. The highest BCUT2D eigenvalue weighted by atomic mass is 16.1. The molecule has 80 valence electrons. The van der Waals surface area contributed by atoms with Crippen LogP contribution in [0, 0.1) is 0 Å². The van der Waals surface area contributed by atoms with Gasteiger partial charge in [0.05, 0.1) is 12.2 Å². The summed E-state index contributed by atoms with van der Waals surface area (Å²) in [6.45, 7) is 0.656. The maximum atomic E-state index is 10.6. The van der Waals surface area contributed by atoms with Crippen LogP contribution in [0.4, 0.5) is 5.69 Å². The van der Waals surface area contributed by atoms with Gasteiger partial charge in [-0.15, -0.1) is 0 Å². The Labute approximate surface area is 94.1 Å². The minimum Gasteiger partial charge on any atom is -0.379 e. The zero-order valence-electron chi connectivity index (χ0n) is 8.76. The fourth-order valence-electron chi connectivity index (χ4n) is 1.42. The van der Waals surface area contributed by atoms with E-state index in [1.54, 1.807) is 12.3 Å². The molecule has 1 N–H and O–H groups in total. The number of benzene rings is 1. The second kappa shape index (κ2) is 5.07. The molecule has 0 atom stereocenters. The molecule has 3 nitrogen and oxygen atoms in total. The summed E-state index contributed by atoms with van der Waals surface area (Å²) in [6.07, 6.45) is 2.60. The van der Waals surface area contributed by atoms with Crippen LogP contribution in [-0.2, 0) is 6.54 Å². The number of pyridine rings is 1. The van der Waals surface area contributed by atoms with Crippen molar-refractivity contribution >= 4 is 12.0 Å². The molecule has 0 aliphatic carbocycles. The molecule has 16 heavy (non-hydrogen) atoms. The maximum absolute atomic E-state index is 10.6. The summed E-state index contributed by atoms with van der Waals surface area (Å²) in [7, 11) is 0. The summed E-state index contributed by atoms with van der Waals surface area (Å²) in [5.74, 6) is 0. The predicted molar refractivity (Wildman–Crippen MR) is 63.4 cm³/mol. The molecule has 0 unspecified atom stereocenters. The van der Waals surface area contributed by atoms with Gasteiger partial charge in [0.25, 0.3) is 0 Å². The number of aldehydes is 1. The Morgan fingerprint density at radius 2 is 2.12 bits per heavy atom. The smallest absolute Gasteiger partial charge is 0.150 e. The van der Waals surface area contributed by atoms with E-state index in [4.69, 9.17) is 0 Å². The number of hydrogen-bond acceptors (Lipinski definition) is 3. The van der Waals surface area contributed by atoms with Gasteiger partial charge in [-0.25, -0.2) is 0 Å². The lowest BCUT2D eigenvalue weighted by Gasteiger charge is -2.05. The number of anilines is 1. The van der Waals surface area contributed by atoms with Crippen LogP contribution in [0.15, 0.2) is 48.7 Å². The third-order valence-corrected chi connectivity index (χ3v) is 2.22. The fourth-order valence-corrected chi connectivity index (χ4v) is 1.42. The molecule has 0 saturated heterocycles. The van der Waals surface area contributed by atoms with Crippen molar-refractivity contribution < 1.29 is 4.79 Å². The van der Waals surface area contributed by atoms with Crippen molar-refractivity contribution in [3.05, 3.63) is 59.9 Å². The first kappa shape index (κ1) is 10.4. The van der Waals surface area contributed by atoms with E-state index in [-0.39, 0.29) is 0 Å². The van der Waals surface area contributed by atoms with Crippen LogP contribution in [0.3, 0.4) is 0 Å². The lowest BCUT2D eigenvalue weighted by Crippen LogP contribution is -2.01. The van der Waals surface area contributed by atoms with Crippen molar-refractivity contribution in [3.63, 3.8) is 0 Å². The van der Waals surface area contributed by atoms with Crippen molar-refractivity contribution in [1.29, 1.82) is 0 Å². The molecule has 1 heterocycles. The molecule has 1 aromatic carbocycles. The Hall–Kier alpha value is -2.16. The largest absolute Gasteiger partial charge is 0.379 e. The van der Waals surface area contributed by atoms with Gasteiger partial charge < -0.3 is 5.32 Å². The number of carbonyl (C=O) groups excluding carboxylic acids is 1. The van der Waals surface area contributed by atoms with Crippen LogP contribution in [0.25, 0.3) is 0 Å². The second-order valence-electron chi connectivity index (χ2n) is 3.42. The Kier molecular flexibility index (Phi) is 3.28. The Bertz CT molecular complexity index is 468. The Morgan fingerprint density at radius 1 is 1.19 bits per heavy atom. The first-order valence-corrected chi connectivity index (χ1v) is 5.07. The average molecular weight is 212 g/mol. The standard InChI is InChI=1S/C13H12N2O/c16-10-11-4-3-6-12(8-11)15-9-13-5-1-2-7-14-13/h1-8,10,15H,9H2. The molecule has 3 heteroatoms. The average Bonchev–Trinajstić information content (AvgIpc) is 2.38. The first-order chi connectivity index (χ1) is 7.88. The molecule has 0 spiro atoms. The molecule has 2 aromatic rings. The molecule has 0 radical (unpaired) electrons. The lowest BCUT2D eigenvalue weighted by molar-refractivity contribution is 0.112. The molecule has 0 amide bonds. The van der Waals surface area contributed by atoms with E-state index in [1.165, 1.54) is 0 Å². The summed E-state index contributed by atoms with van der Waals surface area (Å²) < 4.78 is 0. The molecular formula is C13H12N2O. The van der Waals surface area contributed by atoms with E-state index in [2.05, 4.69) is 10.3 Å². The third kappa shape index (κ3) is 2.67. The highest BCUT2D eigenvalue weighted by molar-refractivity contribution is 5.76. The minimum absolute atomic E-state index is 0.656. The van der Waals surface area contributed by atoms with Gasteiger partial charge >= 0.3 is 0 Å². The summed E-state index contributed by atoms with van der Waals surface area (Å²) in [6, 6.07) is 13.2. The second-order valence-corrected chi connectivity index (χ2v) is 3.42. The van der Waals surface area contributed by atoms with Crippen LogP contribution in [0.1, 0.15) is 16.1 Å². The predicted octanol–water partition coefficient (Wildman–Crippen LogP) is 2.51. The summed E-state index contributed by atoms with van der Waals surface area (Å²) >= 11 is 0. The maximum Gasteiger partial charge on any atom is 0.150 e. The number of hydrogen-bond donors (Lipinski definition) is 1. The number of rotatable bonds is 4. The van der Waals surface area contributed by atoms with Crippen molar-refractivity contribution in [3.8, 4) is 0 Å². The highest BCUT2D eigenvalue weighted by Crippen LogP contribution is 2.10. The molecule has 1 aromatic heterocycles. The van der Waals surface area contributed by atoms with E-state index in [9.17, 15) is 4.79 Å². The topological polar surface area (TPSA) is 42.0 Å². The van der Waals surface area contributed by atoms with Gasteiger partial charge in [0, 0.05) is 17.4 Å². The first-order valence-electron chi connectivity index (χ1n) is 5.07. The minimum atomic E-state index is 0.656. The fraction of sp³-hybridized carbons (Fsp3) is 0.0769. The van der Waals surface area contributed by atoms with E-state index >= 15 is 0 Å². The molecule has 0 aliphatic heterocycles. The normalized spacial score (nSPS) is 9.75. The van der Waals surface area contributed by atoms with E-state index in [1.807, 2.05) is 36.4 Å². The van der Waals surface area contributed by atoms with Crippen LogP contribution >= 0.6 is 0 Å². The monoisotopic (exact) mass is 212 g/mol. The third-order valence-electron chi connectivity index (χ3n) is 2.22. The molecule has 2 rings (SSSR count). The number of aromatic nitrogens is 1. The zero-order chi connectivity index (χ0) is 11.2. The molecule has 0 fully saturated rings. The molecule has 0 aliphatic rings. The van der Waals surface area contributed by atoms with Crippen LogP contribution in [0.2, 0.25) is 0 Å².